The second kappa shape index (κ2) is 8.34. The lowest BCUT2D eigenvalue weighted by Gasteiger charge is -2.28. The quantitative estimate of drug-likeness (QED) is 0.805. The zero-order chi connectivity index (χ0) is 21.3. The van der Waals surface area contributed by atoms with E-state index in [1.54, 1.807) is 12.4 Å². The molecule has 1 aliphatic carbocycles. The van der Waals surface area contributed by atoms with E-state index in [0.29, 0.717) is 36.1 Å². The summed E-state index contributed by atoms with van der Waals surface area (Å²) in [6, 6.07) is 2.04. The Morgan fingerprint density at radius 1 is 1.13 bits per heavy atom. The Kier molecular flexibility index (Phi) is 5.77. The number of piperidine rings is 1. The van der Waals surface area contributed by atoms with Crippen molar-refractivity contribution in [1.29, 1.82) is 0 Å². The minimum atomic E-state index is -0.175. The molecule has 1 N–H and O–H groups in total. The third-order valence-electron chi connectivity index (χ3n) is 5.86. The number of carbonyl (C=O) groups is 1. The van der Waals surface area contributed by atoms with Crippen molar-refractivity contribution < 1.29 is 9.53 Å². The van der Waals surface area contributed by atoms with Crippen molar-refractivity contribution in [3.8, 4) is 5.88 Å². The molecule has 0 unspecified atom stereocenters. The lowest BCUT2D eigenvalue weighted by atomic mass is 10.0. The fraction of sp³-hybridized carbons (Fsp3) is 0.636. The van der Waals surface area contributed by atoms with Crippen molar-refractivity contribution in [1.82, 2.24) is 24.6 Å². The van der Waals surface area contributed by atoms with Gasteiger partial charge >= 0.3 is 0 Å². The number of ketones is 1. The Labute approximate surface area is 178 Å². The van der Waals surface area contributed by atoms with Gasteiger partial charge in [-0.2, -0.15) is 10.1 Å². The van der Waals surface area contributed by atoms with Crippen molar-refractivity contribution in [2.24, 2.45) is 0 Å². The normalized spacial score (nSPS) is 21.2. The van der Waals surface area contributed by atoms with Gasteiger partial charge in [0.25, 0.3) is 0 Å². The summed E-state index contributed by atoms with van der Waals surface area (Å²) < 4.78 is 8.09. The Hall–Kier alpha value is -2.48. The topological polar surface area (TPSA) is 85.2 Å². The first kappa shape index (κ1) is 20.8. The molecule has 2 aliphatic rings. The molecule has 8 nitrogen and oxygen atoms in total. The average molecular weight is 413 g/mol. The highest BCUT2D eigenvalue weighted by atomic mass is 16.5. The van der Waals surface area contributed by atoms with Crippen LogP contribution in [0, 0.1) is 0 Å². The lowest BCUT2D eigenvalue weighted by molar-refractivity contribution is -0.117. The first-order valence-electron chi connectivity index (χ1n) is 10.8. The summed E-state index contributed by atoms with van der Waals surface area (Å²) in [5.74, 6) is 2.41. The molecular formula is C22H32N6O2. The first-order valence-corrected chi connectivity index (χ1v) is 10.8. The van der Waals surface area contributed by atoms with Gasteiger partial charge in [0.1, 0.15) is 11.9 Å². The summed E-state index contributed by atoms with van der Waals surface area (Å²) in [5.41, 5.74) is 0.925. The second-order valence-electron chi connectivity index (χ2n) is 9.50. The van der Waals surface area contributed by atoms with Crippen molar-refractivity contribution >= 4 is 17.4 Å². The van der Waals surface area contributed by atoms with Crippen molar-refractivity contribution in [3.05, 3.63) is 24.2 Å². The molecule has 4 rings (SSSR count). The monoisotopic (exact) mass is 412 g/mol. The van der Waals surface area contributed by atoms with E-state index >= 15 is 0 Å². The van der Waals surface area contributed by atoms with Crippen LogP contribution in [-0.2, 0) is 10.3 Å². The third kappa shape index (κ3) is 4.80. The van der Waals surface area contributed by atoms with E-state index in [2.05, 4.69) is 48.0 Å². The summed E-state index contributed by atoms with van der Waals surface area (Å²) >= 11 is 0. The van der Waals surface area contributed by atoms with E-state index in [-0.39, 0.29) is 17.6 Å². The number of hydrogen-bond donors (Lipinski definition) is 1. The van der Waals surface area contributed by atoms with Crippen LogP contribution in [0.4, 0.5) is 11.6 Å². The molecule has 1 saturated carbocycles. The van der Waals surface area contributed by atoms with E-state index in [9.17, 15) is 4.79 Å². The Morgan fingerprint density at radius 2 is 1.90 bits per heavy atom. The molecule has 0 radical (unpaired) electrons. The van der Waals surface area contributed by atoms with E-state index in [0.717, 1.165) is 38.0 Å². The number of anilines is 2. The predicted molar refractivity (Wildman–Crippen MR) is 115 cm³/mol. The van der Waals surface area contributed by atoms with E-state index in [1.807, 2.05) is 10.7 Å². The molecule has 1 aliphatic heterocycles. The molecule has 0 aromatic carbocycles. The fourth-order valence-corrected chi connectivity index (χ4v) is 4.22. The number of nitrogens with zero attached hydrogens (tertiary/aromatic N) is 5. The molecule has 0 spiro atoms. The van der Waals surface area contributed by atoms with Gasteiger partial charge in [-0.1, -0.05) is 0 Å². The van der Waals surface area contributed by atoms with Crippen molar-refractivity contribution in [2.75, 3.05) is 25.5 Å². The molecule has 1 atom stereocenters. The van der Waals surface area contributed by atoms with Crippen LogP contribution in [0.1, 0.15) is 64.5 Å². The zero-order valence-corrected chi connectivity index (χ0v) is 18.4. The van der Waals surface area contributed by atoms with Crippen LogP contribution < -0.4 is 10.1 Å². The number of rotatable bonds is 5. The highest BCUT2D eigenvalue weighted by Crippen LogP contribution is 2.36. The molecule has 8 heteroatoms. The molecule has 3 heterocycles. The zero-order valence-electron chi connectivity index (χ0n) is 18.4. The van der Waals surface area contributed by atoms with Gasteiger partial charge < -0.3 is 15.0 Å². The van der Waals surface area contributed by atoms with Crippen LogP contribution in [0.3, 0.4) is 0 Å². The standard InChI is InChI=1S/C22H32N6O2/c1-22(2,3)28-18(15-5-6-16(29)11-15)12-19(26-28)24-20-13-23-14-21(25-20)30-17-7-9-27(4)10-8-17/h12-15,17H,5-11H2,1-4H3,(H,24,25,26)/t15-/m1/s1. The molecule has 2 aromatic heterocycles. The Balaban J connectivity index is 1.50. The average Bonchev–Trinajstić information content (AvgIpc) is 3.30. The molecule has 30 heavy (non-hydrogen) atoms. The van der Waals surface area contributed by atoms with Crippen LogP contribution in [0.15, 0.2) is 18.5 Å². The molecule has 0 bridgehead atoms. The van der Waals surface area contributed by atoms with E-state index in [1.165, 1.54) is 0 Å². The highest BCUT2D eigenvalue weighted by molar-refractivity contribution is 5.81. The van der Waals surface area contributed by atoms with Crippen LogP contribution >= 0.6 is 0 Å². The summed E-state index contributed by atoms with van der Waals surface area (Å²) in [6.07, 6.45) is 7.65. The first-order chi connectivity index (χ1) is 14.3. The molecular weight excluding hydrogens is 380 g/mol. The molecule has 162 valence electrons. The van der Waals surface area contributed by atoms with E-state index < -0.39 is 0 Å². The van der Waals surface area contributed by atoms with Gasteiger partial charge in [0.15, 0.2) is 11.6 Å². The number of aromatic nitrogens is 4. The number of Topliss-reactive ketones (excluding diaryl/α,β-unsaturated/α-hetero) is 1. The maximum atomic E-state index is 11.8. The number of hydrogen-bond acceptors (Lipinski definition) is 7. The second-order valence-corrected chi connectivity index (χ2v) is 9.50. The number of nitrogens with one attached hydrogen (secondary N) is 1. The molecule has 1 saturated heterocycles. The number of likely N-dealkylation sites (tertiary alicyclic amines) is 1. The van der Waals surface area contributed by atoms with Crippen LogP contribution in [0.5, 0.6) is 5.88 Å². The van der Waals surface area contributed by atoms with Gasteiger partial charge in [0.2, 0.25) is 5.88 Å². The maximum Gasteiger partial charge on any atom is 0.234 e. The van der Waals surface area contributed by atoms with Gasteiger partial charge in [0, 0.05) is 43.6 Å². The van der Waals surface area contributed by atoms with Gasteiger partial charge in [-0.05, 0) is 47.1 Å². The van der Waals surface area contributed by atoms with E-state index in [4.69, 9.17) is 9.84 Å². The van der Waals surface area contributed by atoms with Crippen LogP contribution in [0.2, 0.25) is 0 Å². The smallest absolute Gasteiger partial charge is 0.234 e. The highest BCUT2D eigenvalue weighted by Gasteiger charge is 2.30. The minimum Gasteiger partial charge on any atom is -0.473 e. The number of carbonyl (C=O) groups excluding carboxylic acids is 1. The Bertz CT molecular complexity index is 895. The minimum absolute atomic E-state index is 0.175. The molecule has 2 fully saturated rings. The predicted octanol–water partition coefficient (Wildman–Crippen LogP) is 3.48. The summed E-state index contributed by atoms with van der Waals surface area (Å²) in [6.45, 7) is 8.44. The van der Waals surface area contributed by atoms with Crippen LogP contribution in [0.25, 0.3) is 0 Å². The van der Waals surface area contributed by atoms with Crippen molar-refractivity contribution in [3.63, 3.8) is 0 Å². The van der Waals surface area contributed by atoms with Gasteiger partial charge in [-0.15, -0.1) is 0 Å². The SMILES string of the molecule is CN1CCC(Oc2cncc(Nc3cc([C@@H]4CCC(=O)C4)n(C(C)(C)C)n3)n2)CC1. The van der Waals surface area contributed by atoms with Gasteiger partial charge in [-0.3, -0.25) is 14.5 Å². The largest absolute Gasteiger partial charge is 0.473 e. The van der Waals surface area contributed by atoms with Crippen molar-refractivity contribution in [2.45, 2.75) is 70.4 Å². The van der Waals surface area contributed by atoms with Crippen LogP contribution in [-0.4, -0.2) is 56.7 Å². The molecule has 2 aromatic rings. The summed E-state index contributed by atoms with van der Waals surface area (Å²) in [4.78, 5) is 23.0. The number of ether oxygens (including phenoxy) is 1. The summed E-state index contributed by atoms with van der Waals surface area (Å²) in [5, 5.41) is 8.06. The Morgan fingerprint density at radius 3 is 2.57 bits per heavy atom. The maximum absolute atomic E-state index is 11.8. The summed E-state index contributed by atoms with van der Waals surface area (Å²) in [7, 11) is 2.13. The van der Waals surface area contributed by atoms with Gasteiger partial charge in [0.05, 0.1) is 17.9 Å². The third-order valence-corrected chi connectivity index (χ3v) is 5.86. The molecule has 0 amide bonds. The fourth-order valence-electron chi connectivity index (χ4n) is 4.22. The lowest BCUT2D eigenvalue weighted by Crippen LogP contribution is -2.35. The van der Waals surface area contributed by atoms with Gasteiger partial charge in [-0.25, -0.2) is 0 Å².